The van der Waals surface area contributed by atoms with Gasteiger partial charge in [-0.2, -0.15) is 15.0 Å². The molecular weight excluding hydrogens is 304 g/mol. The van der Waals surface area contributed by atoms with Crippen LogP contribution in [0.1, 0.15) is 37.8 Å². The Hall–Kier alpha value is -2.44. The van der Waals surface area contributed by atoms with Crippen molar-refractivity contribution in [3.63, 3.8) is 0 Å². The number of carbonyl (C=O) groups is 1. The van der Waals surface area contributed by atoms with Gasteiger partial charge in [-0.3, -0.25) is 4.79 Å². The van der Waals surface area contributed by atoms with Gasteiger partial charge in [0.25, 0.3) is 0 Å². The number of fused-ring (bicyclic) bond motifs is 4. The molecule has 124 valence electrons. The molecule has 1 spiro atoms. The van der Waals surface area contributed by atoms with Gasteiger partial charge in [-0.15, -0.1) is 0 Å². The van der Waals surface area contributed by atoms with Gasteiger partial charge in [-0.25, -0.2) is 4.98 Å². The summed E-state index contributed by atoms with van der Waals surface area (Å²) in [5, 5.41) is 12.3. The molecule has 0 radical (unpaired) electrons. The minimum Gasteiger partial charge on any atom is -0.360 e. The van der Waals surface area contributed by atoms with Gasteiger partial charge in [0.2, 0.25) is 5.91 Å². The Kier molecular flexibility index (Phi) is 2.65. The van der Waals surface area contributed by atoms with Gasteiger partial charge >= 0.3 is 0 Å². The van der Waals surface area contributed by atoms with Crippen molar-refractivity contribution in [1.29, 1.82) is 0 Å². The zero-order valence-electron chi connectivity index (χ0n) is 13.9. The summed E-state index contributed by atoms with van der Waals surface area (Å²) in [5.41, 5.74) is 3.84. The number of aryl methyl sites for hydroxylation is 1. The van der Waals surface area contributed by atoms with Crippen molar-refractivity contribution in [3.8, 4) is 11.3 Å². The highest BCUT2D eigenvalue weighted by atomic mass is 16.2. The second kappa shape index (κ2) is 4.55. The Morgan fingerprint density at radius 1 is 1.29 bits per heavy atom. The molecule has 1 amide bonds. The zero-order chi connectivity index (χ0) is 16.5. The van der Waals surface area contributed by atoms with E-state index in [1.165, 1.54) is 6.42 Å². The summed E-state index contributed by atoms with van der Waals surface area (Å²) in [6.45, 7) is 0. The normalized spacial score (nSPS) is 20.3. The molecule has 7 nitrogen and oxygen atoms in total. The number of aromatic nitrogens is 4. The Labute approximate surface area is 140 Å². The first-order chi connectivity index (χ1) is 11.6. The Morgan fingerprint density at radius 2 is 2.08 bits per heavy atom. The molecule has 0 atom stereocenters. The fraction of sp³-hybridized carbons (Fsp3) is 0.529. The van der Waals surface area contributed by atoms with E-state index in [0.717, 1.165) is 48.3 Å². The summed E-state index contributed by atoms with van der Waals surface area (Å²) in [4.78, 5) is 20.6. The molecule has 2 aromatic rings. The van der Waals surface area contributed by atoms with Crippen molar-refractivity contribution >= 4 is 17.4 Å². The zero-order valence-corrected chi connectivity index (χ0v) is 13.9. The largest absolute Gasteiger partial charge is 0.360 e. The highest BCUT2D eigenvalue weighted by Crippen LogP contribution is 2.56. The minimum absolute atomic E-state index is 0.0805. The van der Waals surface area contributed by atoms with Crippen molar-refractivity contribution in [2.75, 3.05) is 17.3 Å². The van der Waals surface area contributed by atoms with Gasteiger partial charge in [-0.05, 0) is 38.2 Å². The molecule has 0 bridgehead atoms. The van der Waals surface area contributed by atoms with Gasteiger partial charge in [0.1, 0.15) is 11.4 Å². The molecule has 0 unspecified atom stereocenters. The molecule has 3 heterocycles. The van der Waals surface area contributed by atoms with Crippen LogP contribution in [0.2, 0.25) is 0 Å². The fourth-order valence-electron chi connectivity index (χ4n) is 4.00. The summed E-state index contributed by atoms with van der Waals surface area (Å²) in [5.74, 6) is 0.882. The molecular formula is C17H20N6O. The predicted molar refractivity (Wildman–Crippen MR) is 89.5 cm³/mol. The van der Waals surface area contributed by atoms with Crippen LogP contribution in [0.3, 0.4) is 0 Å². The minimum atomic E-state index is -0.112. The third-order valence-electron chi connectivity index (χ3n) is 5.68. The second-order valence-electron chi connectivity index (χ2n) is 7.15. The highest BCUT2D eigenvalue weighted by Gasteiger charge is 2.51. The van der Waals surface area contributed by atoms with E-state index in [2.05, 4.69) is 32.4 Å². The molecule has 1 N–H and O–H groups in total. The number of hydrogen-bond acceptors (Lipinski definition) is 5. The molecule has 5 rings (SSSR count). The number of amides is 1. The molecule has 2 aromatic heterocycles. The summed E-state index contributed by atoms with van der Waals surface area (Å²) in [7, 11) is 3.95. The standard InChI is InChI=1S/C17H20N6O/c1-22-13-11(6-9-18-15(13)19-16(24)10-4-5-10)12-14(21-23(2)20-12)17(22)7-3-8-17/h6,9-10H,3-5,7-8H2,1-2H3,(H,18,19,24). The summed E-state index contributed by atoms with van der Waals surface area (Å²) in [6.07, 6.45) is 7.00. The molecule has 2 aliphatic carbocycles. The van der Waals surface area contributed by atoms with Crippen molar-refractivity contribution in [3.05, 3.63) is 18.0 Å². The van der Waals surface area contributed by atoms with Crippen LogP contribution in [0.25, 0.3) is 11.3 Å². The van der Waals surface area contributed by atoms with Crippen molar-refractivity contribution < 1.29 is 4.79 Å². The lowest BCUT2D eigenvalue weighted by Gasteiger charge is -2.51. The van der Waals surface area contributed by atoms with Crippen LogP contribution in [0.5, 0.6) is 0 Å². The monoisotopic (exact) mass is 324 g/mol. The number of pyridine rings is 1. The molecule has 2 fully saturated rings. The van der Waals surface area contributed by atoms with Crippen LogP contribution in [0, 0.1) is 5.92 Å². The van der Waals surface area contributed by atoms with Gasteiger partial charge in [0, 0.05) is 31.8 Å². The maximum atomic E-state index is 12.3. The maximum Gasteiger partial charge on any atom is 0.228 e. The number of nitrogens with one attached hydrogen (secondary N) is 1. The van der Waals surface area contributed by atoms with Crippen LogP contribution in [0.4, 0.5) is 11.5 Å². The summed E-state index contributed by atoms with van der Waals surface area (Å²) in [6, 6.07) is 1.97. The van der Waals surface area contributed by atoms with Gasteiger partial charge in [0.15, 0.2) is 5.82 Å². The van der Waals surface area contributed by atoms with Gasteiger partial charge in [0.05, 0.1) is 11.2 Å². The highest BCUT2D eigenvalue weighted by molar-refractivity contribution is 5.99. The van der Waals surface area contributed by atoms with Gasteiger partial charge < -0.3 is 10.2 Å². The summed E-state index contributed by atoms with van der Waals surface area (Å²) >= 11 is 0. The topological polar surface area (TPSA) is 75.9 Å². The molecule has 0 aromatic carbocycles. The van der Waals surface area contributed by atoms with E-state index in [4.69, 9.17) is 0 Å². The third-order valence-corrected chi connectivity index (χ3v) is 5.68. The van der Waals surface area contributed by atoms with E-state index in [-0.39, 0.29) is 17.4 Å². The average molecular weight is 324 g/mol. The lowest BCUT2D eigenvalue weighted by molar-refractivity contribution is -0.117. The Bertz CT molecular complexity index is 849. The molecule has 3 aliphatic rings. The summed E-state index contributed by atoms with van der Waals surface area (Å²) < 4.78 is 0. The first-order valence-corrected chi connectivity index (χ1v) is 8.56. The van der Waals surface area contributed by atoms with Crippen LogP contribution >= 0.6 is 0 Å². The Balaban J connectivity index is 1.68. The smallest absolute Gasteiger partial charge is 0.228 e. The second-order valence-corrected chi connectivity index (χ2v) is 7.15. The van der Waals surface area contributed by atoms with E-state index in [9.17, 15) is 4.79 Å². The van der Waals surface area contributed by atoms with Crippen LogP contribution in [-0.4, -0.2) is 32.9 Å². The molecule has 7 heteroatoms. The van der Waals surface area contributed by atoms with E-state index < -0.39 is 0 Å². The van der Waals surface area contributed by atoms with Crippen molar-refractivity contribution in [2.45, 2.75) is 37.6 Å². The molecule has 1 aliphatic heterocycles. The van der Waals surface area contributed by atoms with Gasteiger partial charge in [-0.1, -0.05) is 0 Å². The Morgan fingerprint density at radius 3 is 2.75 bits per heavy atom. The van der Waals surface area contributed by atoms with E-state index in [1.807, 2.05) is 13.1 Å². The molecule has 24 heavy (non-hydrogen) atoms. The van der Waals surface area contributed by atoms with Crippen molar-refractivity contribution in [2.24, 2.45) is 13.0 Å². The lowest BCUT2D eigenvalue weighted by Crippen LogP contribution is -2.52. The van der Waals surface area contributed by atoms with E-state index in [0.29, 0.717) is 5.82 Å². The lowest BCUT2D eigenvalue weighted by atomic mass is 9.70. The van der Waals surface area contributed by atoms with E-state index in [1.54, 1.807) is 11.0 Å². The predicted octanol–water partition coefficient (Wildman–Crippen LogP) is 2.05. The van der Waals surface area contributed by atoms with Crippen LogP contribution in [0.15, 0.2) is 12.3 Å². The fourth-order valence-corrected chi connectivity index (χ4v) is 4.00. The number of rotatable bonds is 2. The van der Waals surface area contributed by atoms with Crippen LogP contribution < -0.4 is 10.2 Å². The average Bonchev–Trinajstić information content (AvgIpc) is 3.28. The SMILES string of the molecule is CN1c2c(ccnc2NC(=O)C2CC2)-c2nn(C)nc2C12CCC2. The maximum absolute atomic E-state index is 12.3. The van der Waals surface area contributed by atoms with Crippen molar-refractivity contribution in [1.82, 2.24) is 20.0 Å². The molecule has 2 saturated carbocycles. The first kappa shape index (κ1) is 13.9. The van der Waals surface area contributed by atoms with Crippen LogP contribution in [-0.2, 0) is 17.4 Å². The molecule has 0 saturated heterocycles. The number of nitrogens with zero attached hydrogens (tertiary/aromatic N) is 5. The quantitative estimate of drug-likeness (QED) is 0.915. The number of hydrogen-bond donors (Lipinski definition) is 1. The third kappa shape index (κ3) is 1.72. The van der Waals surface area contributed by atoms with E-state index >= 15 is 0 Å². The number of carbonyl (C=O) groups excluding carboxylic acids is 1. The first-order valence-electron chi connectivity index (χ1n) is 8.56. The number of anilines is 2.